The summed E-state index contributed by atoms with van der Waals surface area (Å²) in [5.41, 5.74) is 5.78. The van der Waals surface area contributed by atoms with Crippen LogP contribution in [0.15, 0.2) is 112 Å². The Morgan fingerprint density at radius 3 is 2.10 bits per heavy atom. The minimum atomic E-state index is -0.132. The van der Waals surface area contributed by atoms with Gasteiger partial charge in [0.1, 0.15) is 0 Å². The second-order valence-electron chi connectivity index (χ2n) is 7.19. The highest BCUT2D eigenvalue weighted by molar-refractivity contribution is 6.34. The van der Waals surface area contributed by atoms with Gasteiger partial charge in [0.25, 0.3) is 5.91 Å². The first-order valence-electron chi connectivity index (χ1n) is 9.95. The Balaban J connectivity index is 1.54. The van der Waals surface area contributed by atoms with Crippen LogP contribution < -0.4 is 10.1 Å². The maximum atomic E-state index is 13.4. The standard InChI is InChI=1S/C25H19N5O/c1-18-24(25(31)29(26-18)21-10-6-3-7-11-21)23(20-8-4-2-5-9-20)17-14-19-12-15-22(16-13-19)30-27-28-30/h2-17H,1H3. The molecule has 3 aromatic rings. The summed E-state index contributed by atoms with van der Waals surface area (Å²) in [6, 6.07) is 27.3. The number of amides is 1. The van der Waals surface area contributed by atoms with Crippen molar-refractivity contribution in [2.45, 2.75) is 6.92 Å². The molecule has 0 aromatic heterocycles. The van der Waals surface area contributed by atoms with Crippen molar-refractivity contribution in [1.82, 2.24) is 0 Å². The van der Waals surface area contributed by atoms with E-state index in [0.717, 1.165) is 28.1 Å². The average molecular weight is 405 g/mol. The molecule has 3 aromatic carbocycles. The number of carbonyl (C=O) groups is 1. The third-order valence-corrected chi connectivity index (χ3v) is 5.12. The van der Waals surface area contributed by atoms with Crippen LogP contribution in [-0.2, 0) is 4.79 Å². The first-order chi connectivity index (χ1) is 15.2. The maximum Gasteiger partial charge on any atom is 0.281 e. The van der Waals surface area contributed by atoms with Crippen LogP contribution in [0.3, 0.4) is 0 Å². The number of rotatable bonds is 5. The zero-order valence-electron chi connectivity index (χ0n) is 16.9. The van der Waals surface area contributed by atoms with Gasteiger partial charge < -0.3 is 0 Å². The molecule has 0 saturated carbocycles. The van der Waals surface area contributed by atoms with E-state index in [1.165, 1.54) is 5.01 Å². The Morgan fingerprint density at radius 1 is 0.806 bits per heavy atom. The van der Waals surface area contributed by atoms with Crippen molar-refractivity contribution < 1.29 is 4.79 Å². The number of benzene rings is 3. The summed E-state index contributed by atoms with van der Waals surface area (Å²) >= 11 is 0. The Labute approximate surface area is 180 Å². The Hall–Kier alpha value is -4.32. The lowest BCUT2D eigenvalue weighted by Crippen LogP contribution is -2.21. The highest BCUT2D eigenvalue weighted by Gasteiger charge is 2.31. The van der Waals surface area contributed by atoms with E-state index in [4.69, 9.17) is 0 Å². The van der Waals surface area contributed by atoms with Crippen molar-refractivity contribution in [1.29, 1.82) is 0 Å². The third-order valence-electron chi connectivity index (χ3n) is 5.12. The van der Waals surface area contributed by atoms with Crippen LogP contribution >= 0.6 is 0 Å². The average Bonchev–Trinajstić information content (AvgIpc) is 3.62. The monoisotopic (exact) mass is 405 g/mol. The van der Waals surface area contributed by atoms with Crippen LogP contribution in [0.5, 0.6) is 0 Å². The van der Waals surface area contributed by atoms with Crippen molar-refractivity contribution in [2.24, 2.45) is 15.5 Å². The lowest BCUT2D eigenvalue weighted by atomic mass is 9.96. The SMILES string of the molecule is CC1=NN(c2ccccc2)C(=O)C1=C(C=Cc1ccc(N2N=N2)cc1)c1ccccc1. The number of anilines is 2. The molecule has 2 heterocycles. The third kappa shape index (κ3) is 3.79. The molecule has 0 aliphatic carbocycles. The highest BCUT2D eigenvalue weighted by Crippen LogP contribution is 2.31. The van der Waals surface area contributed by atoms with Gasteiger partial charge in [-0.1, -0.05) is 72.8 Å². The van der Waals surface area contributed by atoms with E-state index in [-0.39, 0.29) is 5.91 Å². The lowest BCUT2D eigenvalue weighted by molar-refractivity contribution is -0.114. The molecule has 0 bridgehead atoms. The van der Waals surface area contributed by atoms with E-state index in [1.807, 2.05) is 104 Å². The van der Waals surface area contributed by atoms with E-state index in [0.29, 0.717) is 11.3 Å². The summed E-state index contributed by atoms with van der Waals surface area (Å²) in [5.74, 6) is -0.132. The fourth-order valence-corrected chi connectivity index (χ4v) is 3.52. The topological polar surface area (TPSA) is 60.4 Å². The van der Waals surface area contributed by atoms with E-state index >= 15 is 0 Å². The zero-order chi connectivity index (χ0) is 21.2. The predicted molar refractivity (Wildman–Crippen MR) is 123 cm³/mol. The fraction of sp³-hybridized carbons (Fsp3) is 0.0400. The molecule has 6 heteroatoms. The molecule has 150 valence electrons. The number of para-hydroxylation sites is 1. The molecule has 0 atom stereocenters. The quantitative estimate of drug-likeness (QED) is 0.513. The van der Waals surface area contributed by atoms with Gasteiger partial charge in [-0.2, -0.15) is 10.1 Å². The molecule has 0 radical (unpaired) electrons. The first kappa shape index (κ1) is 18.7. The van der Waals surface area contributed by atoms with Crippen LogP contribution in [0.25, 0.3) is 11.6 Å². The van der Waals surface area contributed by atoms with Crippen molar-refractivity contribution >= 4 is 34.6 Å². The molecular formula is C25H19N5O. The van der Waals surface area contributed by atoms with Gasteiger partial charge in [0, 0.05) is 0 Å². The van der Waals surface area contributed by atoms with Gasteiger partial charge in [-0.3, -0.25) is 4.79 Å². The first-order valence-corrected chi connectivity index (χ1v) is 9.95. The predicted octanol–water partition coefficient (Wildman–Crippen LogP) is 5.68. The summed E-state index contributed by atoms with van der Waals surface area (Å²) in [6.45, 7) is 1.87. The number of nitrogens with zero attached hydrogens (tertiary/aromatic N) is 5. The van der Waals surface area contributed by atoms with Gasteiger partial charge in [-0.05, 0) is 58.3 Å². The molecule has 2 aliphatic heterocycles. The van der Waals surface area contributed by atoms with Gasteiger partial charge in [-0.15, -0.1) is 5.12 Å². The van der Waals surface area contributed by atoms with Crippen molar-refractivity contribution in [3.8, 4) is 0 Å². The number of carbonyl (C=O) groups excluding carboxylic acids is 1. The van der Waals surface area contributed by atoms with Crippen LogP contribution in [0.1, 0.15) is 18.1 Å². The molecule has 0 unspecified atom stereocenters. The second-order valence-corrected chi connectivity index (χ2v) is 7.19. The molecule has 1 amide bonds. The molecule has 0 fully saturated rings. The number of hydrogen-bond acceptors (Lipinski definition) is 5. The molecule has 31 heavy (non-hydrogen) atoms. The van der Waals surface area contributed by atoms with Crippen LogP contribution in [0, 0.1) is 0 Å². The normalized spacial score (nSPS) is 16.8. The minimum absolute atomic E-state index is 0.132. The molecule has 0 saturated heterocycles. The van der Waals surface area contributed by atoms with Gasteiger partial charge in [0.05, 0.1) is 22.7 Å². The summed E-state index contributed by atoms with van der Waals surface area (Å²) in [7, 11) is 0. The molecular weight excluding hydrogens is 386 g/mol. The molecule has 6 nitrogen and oxygen atoms in total. The molecule has 5 rings (SSSR count). The molecule has 2 aliphatic rings. The number of hydrogen-bond donors (Lipinski definition) is 0. The highest BCUT2D eigenvalue weighted by atomic mass is 16.2. The van der Waals surface area contributed by atoms with Gasteiger partial charge in [-0.25, -0.2) is 0 Å². The van der Waals surface area contributed by atoms with Crippen molar-refractivity contribution in [2.75, 3.05) is 10.1 Å². The van der Waals surface area contributed by atoms with E-state index in [9.17, 15) is 4.79 Å². The summed E-state index contributed by atoms with van der Waals surface area (Å²) in [5, 5.41) is 15.2. The number of hydrazone groups is 1. The largest absolute Gasteiger partial charge is 0.281 e. The number of allylic oxidation sites excluding steroid dienone is 2. The second kappa shape index (κ2) is 7.84. The zero-order valence-corrected chi connectivity index (χ0v) is 16.9. The van der Waals surface area contributed by atoms with Gasteiger partial charge in [0.2, 0.25) is 0 Å². The van der Waals surface area contributed by atoms with Gasteiger partial charge >= 0.3 is 0 Å². The Kier molecular flexibility index (Phi) is 4.72. The lowest BCUT2D eigenvalue weighted by Gasteiger charge is -2.12. The molecule has 0 N–H and O–H groups in total. The van der Waals surface area contributed by atoms with Gasteiger partial charge in [0.15, 0.2) is 0 Å². The van der Waals surface area contributed by atoms with E-state index in [1.54, 1.807) is 5.12 Å². The smallest absolute Gasteiger partial charge is 0.267 e. The van der Waals surface area contributed by atoms with Crippen molar-refractivity contribution in [3.63, 3.8) is 0 Å². The molecule has 0 spiro atoms. The van der Waals surface area contributed by atoms with E-state index in [2.05, 4.69) is 15.5 Å². The van der Waals surface area contributed by atoms with Crippen LogP contribution in [-0.4, -0.2) is 11.6 Å². The summed E-state index contributed by atoms with van der Waals surface area (Å²) in [6.07, 6.45) is 3.98. The Morgan fingerprint density at radius 2 is 1.45 bits per heavy atom. The fourth-order valence-electron chi connectivity index (χ4n) is 3.52. The summed E-state index contributed by atoms with van der Waals surface area (Å²) in [4.78, 5) is 13.4. The van der Waals surface area contributed by atoms with Crippen LogP contribution in [0.2, 0.25) is 0 Å². The Bertz CT molecular complexity index is 1240. The minimum Gasteiger partial charge on any atom is -0.267 e. The van der Waals surface area contributed by atoms with E-state index < -0.39 is 0 Å². The maximum absolute atomic E-state index is 13.4. The summed E-state index contributed by atoms with van der Waals surface area (Å²) < 4.78 is 0. The van der Waals surface area contributed by atoms with Crippen LogP contribution in [0.4, 0.5) is 11.4 Å². The van der Waals surface area contributed by atoms with Crippen molar-refractivity contribution in [3.05, 3.63) is 108 Å².